The van der Waals surface area contributed by atoms with Crippen LogP contribution in [0.1, 0.15) is 31.7 Å². The van der Waals surface area contributed by atoms with Gasteiger partial charge in [-0.1, -0.05) is 30.6 Å². The monoisotopic (exact) mass is 304 g/mol. The van der Waals surface area contributed by atoms with Crippen LogP contribution < -0.4 is 4.74 Å². The molecular weight excluding hydrogens is 280 g/mol. The lowest BCUT2D eigenvalue weighted by Crippen LogP contribution is -2.37. The molecule has 1 aromatic rings. The first-order valence-corrected chi connectivity index (χ1v) is 7.73. The lowest BCUT2D eigenvalue weighted by atomic mass is 10.0. The number of benzene rings is 1. The van der Waals surface area contributed by atoms with Crippen molar-refractivity contribution in [3.05, 3.63) is 29.8 Å². The second-order valence-corrected chi connectivity index (χ2v) is 5.60. The highest BCUT2D eigenvalue weighted by Gasteiger charge is 2.30. The van der Waals surface area contributed by atoms with Crippen LogP contribution in [0.3, 0.4) is 0 Å². The topological polar surface area (TPSA) is 51.1 Å². The van der Waals surface area contributed by atoms with Crippen molar-refractivity contribution >= 4 is 11.6 Å². The number of hydrogen-bond acceptors (Lipinski definition) is 4. The number of ether oxygens (including phenoxy) is 1. The van der Waals surface area contributed by atoms with E-state index in [9.17, 15) is 4.79 Å². The zero-order valence-electron chi connectivity index (χ0n) is 13.5. The van der Waals surface area contributed by atoms with E-state index in [1.54, 1.807) is 12.0 Å². The summed E-state index contributed by atoms with van der Waals surface area (Å²) in [6.45, 7) is 2.88. The number of oxime groups is 1. The molecule has 0 spiro atoms. The Kier molecular flexibility index (Phi) is 5.81. The third kappa shape index (κ3) is 4.23. The first kappa shape index (κ1) is 16.3. The molecule has 0 saturated heterocycles. The Morgan fingerprint density at radius 1 is 1.50 bits per heavy atom. The van der Waals surface area contributed by atoms with Crippen LogP contribution >= 0.6 is 0 Å². The molecule has 1 aliphatic rings. The fraction of sp³-hybridized carbons (Fsp3) is 0.529. The summed E-state index contributed by atoms with van der Waals surface area (Å²) in [6, 6.07) is 7.86. The van der Waals surface area contributed by atoms with Gasteiger partial charge >= 0.3 is 0 Å². The van der Waals surface area contributed by atoms with Crippen molar-refractivity contribution in [2.75, 3.05) is 20.7 Å². The van der Waals surface area contributed by atoms with Crippen LogP contribution in [-0.2, 0) is 16.1 Å². The van der Waals surface area contributed by atoms with E-state index in [0.29, 0.717) is 12.8 Å². The predicted molar refractivity (Wildman–Crippen MR) is 86.2 cm³/mol. The molecule has 0 aromatic heterocycles. The SMILES string of the molecule is CCCCN(C)C(=O)C1CC(Cc2cccc(OC)c2)=NO1. The van der Waals surface area contributed by atoms with E-state index >= 15 is 0 Å². The highest BCUT2D eigenvalue weighted by Crippen LogP contribution is 2.19. The van der Waals surface area contributed by atoms with E-state index < -0.39 is 6.10 Å². The van der Waals surface area contributed by atoms with E-state index in [0.717, 1.165) is 36.4 Å². The fourth-order valence-electron chi connectivity index (χ4n) is 2.43. The number of unbranched alkanes of at least 4 members (excludes halogenated alkanes) is 1. The van der Waals surface area contributed by atoms with Crippen molar-refractivity contribution in [3.63, 3.8) is 0 Å². The third-order valence-electron chi connectivity index (χ3n) is 3.77. The minimum atomic E-state index is -0.470. The summed E-state index contributed by atoms with van der Waals surface area (Å²) in [5.41, 5.74) is 2.00. The molecule has 1 aromatic carbocycles. The summed E-state index contributed by atoms with van der Waals surface area (Å²) in [4.78, 5) is 19.3. The Morgan fingerprint density at radius 3 is 3.05 bits per heavy atom. The molecule has 0 aliphatic carbocycles. The van der Waals surface area contributed by atoms with Gasteiger partial charge in [0.1, 0.15) is 5.75 Å². The minimum absolute atomic E-state index is 0.0119. The van der Waals surface area contributed by atoms with Gasteiger partial charge in [0.25, 0.3) is 5.91 Å². The maximum Gasteiger partial charge on any atom is 0.266 e. The summed E-state index contributed by atoms with van der Waals surface area (Å²) in [7, 11) is 3.47. The summed E-state index contributed by atoms with van der Waals surface area (Å²) < 4.78 is 5.22. The summed E-state index contributed by atoms with van der Waals surface area (Å²) in [5.74, 6) is 0.835. The number of likely N-dealkylation sites (N-methyl/N-ethyl adjacent to an activating group) is 1. The predicted octanol–water partition coefficient (Wildman–Crippen LogP) is 2.64. The molecule has 0 N–H and O–H groups in total. The molecule has 0 saturated carbocycles. The molecule has 1 heterocycles. The number of nitrogens with zero attached hydrogens (tertiary/aromatic N) is 2. The Morgan fingerprint density at radius 2 is 2.32 bits per heavy atom. The first-order chi connectivity index (χ1) is 10.6. The molecule has 22 heavy (non-hydrogen) atoms. The van der Waals surface area contributed by atoms with Gasteiger partial charge in [0.05, 0.1) is 12.8 Å². The summed E-state index contributed by atoms with van der Waals surface area (Å²) in [6.07, 6.45) is 2.85. The van der Waals surface area contributed by atoms with Gasteiger partial charge in [-0.25, -0.2) is 0 Å². The van der Waals surface area contributed by atoms with Crippen LogP contribution in [0.2, 0.25) is 0 Å². The van der Waals surface area contributed by atoms with Crippen molar-refractivity contribution in [1.82, 2.24) is 4.90 Å². The van der Waals surface area contributed by atoms with Crippen LogP contribution in [0.25, 0.3) is 0 Å². The van der Waals surface area contributed by atoms with Gasteiger partial charge in [-0.2, -0.15) is 0 Å². The van der Waals surface area contributed by atoms with Gasteiger partial charge in [-0.15, -0.1) is 0 Å². The van der Waals surface area contributed by atoms with Crippen LogP contribution in [0.15, 0.2) is 29.4 Å². The summed E-state index contributed by atoms with van der Waals surface area (Å²) >= 11 is 0. The zero-order valence-corrected chi connectivity index (χ0v) is 13.5. The lowest BCUT2D eigenvalue weighted by molar-refractivity contribution is -0.140. The summed E-state index contributed by atoms with van der Waals surface area (Å²) in [5, 5.41) is 4.08. The quantitative estimate of drug-likeness (QED) is 0.778. The molecule has 120 valence electrons. The molecule has 0 fully saturated rings. The van der Waals surface area contributed by atoms with E-state index in [1.807, 2.05) is 31.3 Å². The number of carbonyl (C=O) groups is 1. The Hall–Kier alpha value is -2.04. The van der Waals surface area contributed by atoms with Crippen molar-refractivity contribution in [1.29, 1.82) is 0 Å². The average molecular weight is 304 g/mol. The van der Waals surface area contributed by atoms with Crippen LogP contribution in [0, 0.1) is 0 Å². The maximum atomic E-state index is 12.3. The van der Waals surface area contributed by atoms with Gasteiger partial charge in [0.15, 0.2) is 0 Å². The van der Waals surface area contributed by atoms with E-state index in [-0.39, 0.29) is 5.91 Å². The molecule has 1 unspecified atom stereocenters. The Labute approximate surface area is 131 Å². The minimum Gasteiger partial charge on any atom is -0.497 e. The smallest absolute Gasteiger partial charge is 0.266 e. The zero-order chi connectivity index (χ0) is 15.9. The molecule has 1 atom stereocenters. The number of carbonyl (C=O) groups excluding carboxylic acids is 1. The van der Waals surface area contributed by atoms with Gasteiger partial charge in [0.2, 0.25) is 6.10 Å². The number of rotatable bonds is 7. The third-order valence-corrected chi connectivity index (χ3v) is 3.77. The second-order valence-electron chi connectivity index (χ2n) is 5.60. The van der Waals surface area contributed by atoms with Crippen LogP contribution in [0.5, 0.6) is 5.75 Å². The molecule has 2 rings (SSSR count). The van der Waals surface area contributed by atoms with Gasteiger partial charge < -0.3 is 14.5 Å². The molecule has 0 bridgehead atoms. The molecule has 5 nitrogen and oxygen atoms in total. The molecule has 1 amide bonds. The van der Waals surface area contributed by atoms with Gasteiger partial charge in [0, 0.05) is 26.4 Å². The van der Waals surface area contributed by atoms with Gasteiger partial charge in [-0.3, -0.25) is 4.79 Å². The number of hydrogen-bond donors (Lipinski definition) is 0. The largest absolute Gasteiger partial charge is 0.497 e. The highest BCUT2D eigenvalue weighted by molar-refractivity contribution is 5.93. The number of methoxy groups -OCH3 is 1. The maximum absolute atomic E-state index is 12.3. The molecule has 5 heteroatoms. The second kappa shape index (κ2) is 7.82. The van der Waals surface area contributed by atoms with Crippen LogP contribution in [-0.4, -0.2) is 43.3 Å². The van der Waals surface area contributed by atoms with Crippen molar-refractivity contribution in [3.8, 4) is 5.75 Å². The molecule has 0 radical (unpaired) electrons. The highest BCUT2D eigenvalue weighted by atomic mass is 16.6. The van der Waals surface area contributed by atoms with Crippen molar-refractivity contribution < 1.29 is 14.4 Å². The normalized spacial score (nSPS) is 16.9. The van der Waals surface area contributed by atoms with Gasteiger partial charge in [-0.05, 0) is 24.1 Å². The lowest BCUT2D eigenvalue weighted by Gasteiger charge is -2.19. The number of amides is 1. The molecule has 1 aliphatic heterocycles. The van der Waals surface area contributed by atoms with Crippen molar-refractivity contribution in [2.45, 2.75) is 38.7 Å². The Balaban J connectivity index is 1.87. The van der Waals surface area contributed by atoms with E-state index in [1.165, 1.54) is 0 Å². The first-order valence-electron chi connectivity index (χ1n) is 7.73. The van der Waals surface area contributed by atoms with Crippen LogP contribution in [0.4, 0.5) is 0 Å². The standard InChI is InChI=1S/C17H24N2O3/c1-4-5-9-19(2)17(20)16-12-14(18-22-16)10-13-7-6-8-15(11-13)21-3/h6-8,11,16H,4-5,9-10,12H2,1-3H3. The van der Waals surface area contributed by atoms with E-state index in [2.05, 4.69) is 12.1 Å². The molecular formula is C17H24N2O3. The fourth-order valence-corrected chi connectivity index (χ4v) is 2.43. The van der Waals surface area contributed by atoms with Crippen molar-refractivity contribution in [2.24, 2.45) is 5.16 Å². The Bertz CT molecular complexity index is 542. The average Bonchev–Trinajstić information content (AvgIpc) is 3.00. The van der Waals surface area contributed by atoms with E-state index in [4.69, 9.17) is 9.57 Å².